The number of ether oxygens (including phenoxy) is 1. The average Bonchev–Trinajstić information content (AvgIpc) is 2.40. The fourth-order valence-corrected chi connectivity index (χ4v) is 2.22. The van der Waals surface area contributed by atoms with Crippen LogP contribution >= 0.6 is 23.2 Å². The molecule has 2 nitrogen and oxygen atoms in total. The molecule has 1 rings (SSSR count). The summed E-state index contributed by atoms with van der Waals surface area (Å²) >= 11 is 11.5. The summed E-state index contributed by atoms with van der Waals surface area (Å²) in [5.74, 6) is -0.482. The van der Waals surface area contributed by atoms with Gasteiger partial charge in [-0.2, -0.15) is 0 Å². The largest absolute Gasteiger partial charge is 0.460 e. The van der Waals surface area contributed by atoms with Gasteiger partial charge in [-0.25, -0.2) is 4.79 Å². The van der Waals surface area contributed by atoms with Crippen LogP contribution in [0.25, 0.3) is 0 Å². The standard InChI is InChI=1S/C11H18Cl2O2/c1-2-3-4-5-6-7-9-8-11(12,13)10(14)15-9/h9H,2-8H2,1H3. The molecular weight excluding hydrogens is 235 g/mol. The summed E-state index contributed by atoms with van der Waals surface area (Å²) in [5, 5.41) is 0. The summed E-state index contributed by atoms with van der Waals surface area (Å²) in [6.45, 7) is 2.19. The van der Waals surface area contributed by atoms with E-state index in [0.29, 0.717) is 6.42 Å². The molecule has 0 saturated carbocycles. The van der Waals surface area contributed by atoms with Crippen LogP contribution in [0.15, 0.2) is 0 Å². The van der Waals surface area contributed by atoms with Gasteiger partial charge < -0.3 is 4.74 Å². The minimum absolute atomic E-state index is 0.0749. The molecule has 1 atom stereocenters. The molecule has 1 saturated heterocycles. The molecule has 0 aromatic rings. The zero-order valence-corrected chi connectivity index (χ0v) is 10.6. The topological polar surface area (TPSA) is 26.3 Å². The molecule has 15 heavy (non-hydrogen) atoms. The van der Waals surface area contributed by atoms with E-state index in [1.165, 1.54) is 25.7 Å². The molecule has 0 aliphatic carbocycles. The Bertz CT molecular complexity index is 217. The number of hydrogen-bond acceptors (Lipinski definition) is 2. The number of alkyl halides is 2. The molecule has 0 aromatic heterocycles. The van der Waals surface area contributed by atoms with Crippen LogP contribution in [0.1, 0.15) is 51.9 Å². The number of unbranched alkanes of at least 4 members (excludes halogenated alkanes) is 4. The van der Waals surface area contributed by atoms with Crippen molar-refractivity contribution in [2.24, 2.45) is 0 Å². The Labute approximate surface area is 101 Å². The van der Waals surface area contributed by atoms with Crippen molar-refractivity contribution in [1.82, 2.24) is 0 Å². The molecule has 0 bridgehead atoms. The fraction of sp³-hybridized carbons (Fsp3) is 0.909. The molecular formula is C11H18Cl2O2. The van der Waals surface area contributed by atoms with Gasteiger partial charge in [0.2, 0.25) is 4.33 Å². The first kappa shape index (κ1) is 13.1. The van der Waals surface area contributed by atoms with E-state index in [1.54, 1.807) is 0 Å². The monoisotopic (exact) mass is 252 g/mol. The number of carbonyl (C=O) groups excluding carboxylic acids is 1. The summed E-state index contributed by atoms with van der Waals surface area (Å²) in [6.07, 6.45) is 7.30. The van der Waals surface area contributed by atoms with Gasteiger partial charge in [0.1, 0.15) is 6.10 Å². The van der Waals surface area contributed by atoms with Gasteiger partial charge in [0.25, 0.3) is 0 Å². The van der Waals surface area contributed by atoms with Gasteiger partial charge in [0.05, 0.1) is 0 Å². The molecule has 1 fully saturated rings. The average molecular weight is 253 g/mol. The second-order valence-corrected chi connectivity index (χ2v) is 5.62. The Morgan fingerprint density at radius 1 is 1.33 bits per heavy atom. The maximum absolute atomic E-state index is 11.2. The third kappa shape index (κ3) is 4.20. The van der Waals surface area contributed by atoms with Gasteiger partial charge in [0, 0.05) is 6.42 Å². The lowest BCUT2D eigenvalue weighted by Crippen LogP contribution is -2.18. The van der Waals surface area contributed by atoms with Crippen molar-refractivity contribution in [1.29, 1.82) is 0 Å². The first-order valence-electron chi connectivity index (χ1n) is 5.65. The van der Waals surface area contributed by atoms with E-state index < -0.39 is 10.3 Å². The first-order valence-corrected chi connectivity index (χ1v) is 6.41. The van der Waals surface area contributed by atoms with Gasteiger partial charge in [-0.15, -0.1) is 0 Å². The molecule has 88 valence electrons. The van der Waals surface area contributed by atoms with Gasteiger partial charge in [-0.3, -0.25) is 0 Å². The SMILES string of the molecule is CCCCCCCC1CC(Cl)(Cl)C(=O)O1. The number of cyclic esters (lactones) is 1. The Hall–Kier alpha value is 0.0500. The second-order valence-electron chi connectivity index (χ2n) is 4.14. The van der Waals surface area contributed by atoms with Gasteiger partial charge in [0.15, 0.2) is 0 Å². The summed E-state index contributed by atoms with van der Waals surface area (Å²) < 4.78 is 3.78. The molecule has 1 aliphatic heterocycles. The minimum Gasteiger partial charge on any atom is -0.460 e. The highest BCUT2D eigenvalue weighted by Crippen LogP contribution is 2.37. The molecule has 4 heteroatoms. The van der Waals surface area contributed by atoms with Gasteiger partial charge >= 0.3 is 5.97 Å². The maximum atomic E-state index is 11.2. The van der Waals surface area contributed by atoms with Crippen LogP contribution in [0.4, 0.5) is 0 Å². The number of rotatable bonds is 6. The Balaban J connectivity index is 2.11. The molecule has 1 aliphatic rings. The third-order valence-electron chi connectivity index (χ3n) is 2.69. The van der Waals surface area contributed by atoms with Crippen LogP contribution < -0.4 is 0 Å². The Kier molecular flexibility index (Phi) is 5.20. The van der Waals surface area contributed by atoms with Crippen molar-refractivity contribution in [2.75, 3.05) is 0 Å². The van der Waals surface area contributed by atoms with E-state index in [1.807, 2.05) is 0 Å². The number of halogens is 2. The summed E-state index contributed by atoms with van der Waals surface area (Å²) in [5.41, 5.74) is 0. The van der Waals surface area contributed by atoms with Crippen LogP contribution in [0.2, 0.25) is 0 Å². The zero-order valence-electron chi connectivity index (χ0n) is 9.10. The molecule has 0 N–H and O–H groups in total. The number of hydrogen-bond donors (Lipinski definition) is 0. The maximum Gasteiger partial charge on any atom is 0.343 e. The van der Waals surface area contributed by atoms with Crippen LogP contribution in [-0.2, 0) is 9.53 Å². The van der Waals surface area contributed by atoms with Crippen LogP contribution in [0.5, 0.6) is 0 Å². The minimum atomic E-state index is -1.30. The second kappa shape index (κ2) is 5.95. The van der Waals surface area contributed by atoms with Gasteiger partial charge in [-0.1, -0.05) is 55.8 Å². The van der Waals surface area contributed by atoms with Crippen LogP contribution in [0.3, 0.4) is 0 Å². The number of carbonyl (C=O) groups is 1. The lowest BCUT2D eigenvalue weighted by molar-refractivity contribution is -0.142. The molecule has 0 amide bonds. The number of esters is 1. The predicted octanol–water partition coefficient (Wildman–Crippen LogP) is 3.84. The molecule has 0 aromatic carbocycles. The van der Waals surface area contributed by atoms with E-state index in [-0.39, 0.29) is 6.10 Å². The van der Waals surface area contributed by atoms with Crippen molar-refractivity contribution >= 4 is 29.2 Å². The van der Waals surface area contributed by atoms with E-state index in [4.69, 9.17) is 27.9 Å². The highest BCUT2D eigenvalue weighted by atomic mass is 35.5. The normalized spacial score (nSPS) is 24.2. The first-order chi connectivity index (χ1) is 7.06. The fourth-order valence-electron chi connectivity index (χ4n) is 1.79. The highest BCUT2D eigenvalue weighted by molar-refractivity contribution is 6.57. The van der Waals surface area contributed by atoms with E-state index >= 15 is 0 Å². The lowest BCUT2D eigenvalue weighted by atomic mass is 10.1. The zero-order chi connectivity index (χ0) is 11.3. The van der Waals surface area contributed by atoms with Crippen LogP contribution in [-0.4, -0.2) is 16.4 Å². The summed E-state index contributed by atoms with van der Waals surface area (Å²) in [4.78, 5) is 11.2. The van der Waals surface area contributed by atoms with E-state index in [2.05, 4.69) is 6.92 Å². The highest BCUT2D eigenvalue weighted by Gasteiger charge is 2.45. The molecule has 1 heterocycles. The Morgan fingerprint density at radius 3 is 2.53 bits per heavy atom. The third-order valence-corrected chi connectivity index (χ3v) is 3.30. The van der Waals surface area contributed by atoms with Crippen molar-refractivity contribution in [3.05, 3.63) is 0 Å². The van der Waals surface area contributed by atoms with Gasteiger partial charge in [-0.05, 0) is 12.8 Å². The molecule has 0 radical (unpaired) electrons. The lowest BCUT2D eigenvalue weighted by Gasteiger charge is -2.07. The summed E-state index contributed by atoms with van der Waals surface area (Å²) in [7, 11) is 0. The molecule has 1 unspecified atom stereocenters. The van der Waals surface area contributed by atoms with E-state index in [0.717, 1.165) is 12.8 Å². The van der Waals surface area contributed by atoms with Crippen LogP contribution in [0, 0.1) is 0 Å². The van der Waals surface area contributed by atoms with E-state index in [9.17, 15) is 4.79 Å². The van der Waals surface area contributed by atoms with Crippen molar-refractivity contribution in [2.45, 2.75) is 62.3 Å². The quantitative estimate of drug-likeness (QED) is 0.408. The van der Waals surface area contributed by atoms with Crippen molar-refractivity contribution < 1.29 is 9.53 Å². The Morgan fingerprint density at radius 2 is 2.00 bits per heavy atom. The predicted molar refractivity (Wildman–Crippen MR) is 62.3 cm³/mol. The van der Waals surface area contributed by atoms with Crippen molar-refractivity contribution in [3.63, 3.8) is 0 Å². The smallest absolute Gasteiger partial charge is 0.343 e. The summed E-state index contributed by atoms with van der Waals surface area (Å²) in [6, 6.07) is 0. The van der Waals surface area contributed by atoms with Crippen molar-refractivity contribution in [3.8, 4) is 0 Å². The molecule has 0 spiro atoms.